The molecule has 0 aromatic heterocycles. The summed E-state index contributed by atoms with van der Waals surface area (Å²) < 4.78 is 0. The zero-order valence-electron chi connectivity index (χ0n) is 18.9. The standard InChI is InChI=1S/C26H35NO4/c1-16-8-17(6-4-5-7-22(28)29)12-21(9-16)25(2,3)24(30)27-23-19-10-18-11-20(23)15-26(31,13-18)14-19/h4,6,8-9,12,18-20,23,31H,5,7,10-11,13-15H2,1-3H3,(H,27,30)(H,28,29)/b6-4+/t18?,19-,20+,23+,26+. The Hall–Kier alpha value is -2.14. The van der Waals surface area contributed by atoms with E-state index in [9.17, 15) is 14.7 Å². The average Bonchev–Trinajstić information content (AvgIpc) is 2.66. The van der Waals surface area contributed by atoms with Crippen LogP contribution in [0, 0.1) is 24.7 Å². The zero-order valence-corrected chi connectivity index (χ0v) is 18.9. The number of hydrogen-bond donors (Lipinski definition) is 3. The van der Waals surface area contributed by atoms with E-state index < -0.39 is 17.0 Å². The van der Waals surface area contributed by atoms with E-state index in [0.29, 0.717) is 24.2 Å². The van der Waals surface area contributed by atoms with Crippen LogP contribution < -0.4 is 5.32 Å². The van der Waals surface area contributed by atoms with Crippen LogP contribution in [-0.4, -0.2) is 33.7 Å². The van der Waals surface area contributed by atoms with Crippen LogP contribution in [0.25, 0.3) is 6.08 Å². The van der Waals surface area contributed by atoms with Gasteiger partial charge in [0.25, 0.3) is 0 Å². The maximum Gasteiger partial charge on any atom is 0.303 e. The fraction of sp³-hybridized carbons (Fsp3) is 0.615. The van der Waals surface area contributed by atoms with E-state index in [0.717, 1.165) is 48.8 Å². The summed E-state index contributed by atoms with van der Waals surface area (Å²) in [5, 5.41) is 23.0. The maximum atomic E-state index is 13.4. The SMILES string of the molecule is Cc1cc(/C=C/CCC(=O)O)cc(C(C)(C)C(=O)N[C@H]2[C@@H]3CC4C[C@H]2C[C@](O)(C4)C3)c1. The van der Waals surface area contributed by atoms with Crippen molar-refractivity contribution in [1.29, 1.82) is 0 Å². The minimum atomic E-state index is -0.802. The molecular weight excluding hydrogens is 390 g/mol. The molecule has 4 aliphatic carbocycles. The number of aliphatic hydroxyl groups is 1. The summed E-state index contributed by atoms with van der Waals surface area (Å²) in [7, 11) is 0. The summed E-state index contributed by atoms with van der Waals surface area (Å²) in [6.07, 6.45) is 9.24. The normalized spacial score (nSPS) is 31.9. The summed E-state index contributed by atoms with van der Waals surface area (Å²) in [5.74, 6) is 0.644. The largest absolute Gasteiger partial charge is 0.481 e. The molecule has 5 nitrogen and oxygen atoms in total. The van der Waals surface area contributed by atoms with E-state index in [2.05, 4.69) is 11.4 Å². The number of amides is 1. The number of carboxylic acids is 1. The van der Waals surface area contributed by atoms with Crippen molar-refractivity contribution >= 4 is 18.0 Å². The molecule has 4 aliphatic rings. The molecule has 31 heavy (non-hydrogen) atoms. The summed E-state index contributed by atoms with van der Waals surface area (Å²) in [6.45, 7) is 5.96. The van der Waals surface area contributed by atoms with Gasteiger partial charge in [-0.25, -0.2) is 0 Å². The van der Waals surface area contributed by atoms with Gasteiger partial charge in [0.2, 0.25) is 5.91 Å². The van der Waals surface area contributed by atoms with E-state index in [4.69, 9.17) is 5.11 Å². The van der Waals surface area contributed by atoms with E-state index in [1.54, 1.807) is 0 Å². The van der Waals surface area contributed by atoms with Gasteiger partial charge in [0.15, 0.2) is 0 Å². The summed E-state index contributed by atoms with van der Waals surface area (Å²) in [6, 6.07) is 6.31. The van der Waals surface area contributed by atoms with E-state index >= 15 is 0 Å². The molecule has 5 atom stereocenters. The lowest BCUT2D eigenvalue weighted by Crippen LogP contribution is -2.62. The molecule has 4 fully saturated rings. The van der Waals surface area contributed by atoms with E-state index in [-0.39, 0.29) is 18.4 Å². The maximum absolute atomic E-state index is 13.4. The number of rotatable bonds is 7. The molecule has 1 aromatic carbocycles. The number of carboxylic acid groups (broad SMARTS) is 1. The number of aliphatic carboxylic acids is 1. The molecule has 1 unspecified atom stereocenters. The lowest BCUT2D eigenvalue weighted by Gasteiger charge is -2.58. The molecule has 0 spiro atoms. The van der Waals surface area contributed by atoms with Crippen LogP contribution in [-0.2, 0) is 15.0 Å². The van der Waals surface area contributed by atoms with Crippen molar-refractivity contribution in [2.24, 2.45) is 17.8 Å². The first-order chi connectivity index (χ1) is 14.6. The first-order valence-corrected chi connectivity index (χ1v) is 11.6. The molecule has 5 rings (SSSR count). The minimum Gasteiger partial charge on any atom is -0.481 e. The lowest BCUT2D eigenvalue weighted by molar-refractivity contribution is -0.148. The van der Waals surface area contributed by atoms with Gasteiger partial charge >= 0.3 is 5.97 Å². The van der Waals surface area contributed by atoms with Crippen molar-refractivity contribution in [2.45, 2.75) is 82.8 Å². The fourth-order valence-corrected chi connectivity index (χ4v) is 6.38. The van der Waals surface area contributed by atoms with Gasteiger partial charge in [-0.2, -0.15) is 0 Å². The third-order valence-corrected chi connectivity index (χ3v) is 7.76. The van der Waals surface area contributed by atoms with Crippen molar-refractivity contribution in [2.75, 3.05) is 0 Å². The molecule has 1 amide bonds. The monoisotopic (exact) mass is 425 g/mol. The number of nitrogens with one attached hydrogen (secondary N) is 1. The van der Waals surface area contributed by atoms with Gasteiger partial charge in [-0.15, -0.1) is 0 Å². The van der Waals surface area contributed by atoms with Gasteiger partial charge in [-0.05, 0) is 88.2 Å². The number of aryl methyl sites for hydroxylation is 1. The second-order valence-corrected chi connectivity index (χ2v) is 10.8. The Labute approximate surface area is 184 Å². The van der Waals surface area contributed by atoms with Crippen molar-refractivity contribution in [3.05, 3.63) is 41.0 Å². The summed E-state index contributed by atoms with van der Waals surface area (Å²) in [4.78, 5) is 24.1. The van der Waals surface area contributed by atoms with E-state index in [1.165, 1.54) is 0 Å². The average molecular weight is 426 g/mol. The molecular formula is C26H35NO4. The van der Waals surface area contributed by atoms with Gasteiger partial charge in [-0.3, -0.25) is 9.59 Å². The van der Waals surface area contributed by atoms with Gasteiger partial charge in [-0.1, -0.05) is 35.9 Å². The summed E-state index contributed by atoms with van der Waals surface area (Å²) >= 11 is 0. The van der Waals surface area contributed by atoms with Crippen LogP contribution in [0.3, 0.4) is 0 Å². The van der Waals surface area contributed by atoms with Crippen LogP contribution >= 0.6 is 0 Å². The Kier molecular flexibility index (Phi) is 5.76. The molecule has 0 saturated heterocycles. The molecule has 0 radical (unpaired) electrons. The van der Waals surface area contributed by atoms with Crippen molar-refractivity contribution < 1.29 is 19.8 Å². The third kappa shape index (κ3) is 4.57. The molecule has 1 aromatic rings. The number of benzene rings is 1. The highest BCUT2D eigenvalue weighted by Gasteiger charge is 2.55. The van der Waals surface area contributed by atoms with Crippen LogP contribution in [0.1, 0.15) is 75.5 Å². The van der Waals surface area contributed by atoms with Gasteiger partial charge in [0, 0.05) is 12.5 Å². The number of hydrogen-bond acceptors (Lipinski definition) is 3. The Morgan fingerprint density at radius 2 is 1.84 bits per heavy atom. The Bertz CT molecular complexity index is 887. The molecule has 168 valence electrons. The highest BCUT2D eigenvalue weighted by atomic mass is 16.4. The van der Waals surface area contributed by atoms with Gasteiger partial charge < -0.3 is 15.5 Å². The number of allylic oxidation sites excluding steroid dienone is 1. The van der Waals surface area contributed by atoms with Crippen LogP contribution in [0.5, 0.6) is 0 Å². The van der Waals surface area contributed by atoms with Crippen LogP contribution in [0.2, 0.25) is 0 Å². The summed E-state index contributed by atoms with van der Waals surface area (Å²) in [5.41, 5.74) is 1.85. The van der Waals surface area contributed by atoms with Gasteiger partial charge in [0.1, 0.15) is 0 Å². The second-order valence-electron chi connectivity index (χ2n) is 10.8. The topological polar surface area (TPSA) is 86.6 Å². The Morgan fingerprint density at radius 1 is 1.16 bits per heavy atom. The number of carbonyl (C=O) groups excluding carboxylic acids is 1. The first-order valence-electron chi connectivity index (χ1n) is 11.6. The predicted molar refractivity (Wildman–Crippen MR) is 121 cm³/mol. The van der Waals surface area contributed by atoms with Crippen LogP contribution in [0.4, 0.5) is 0 Å². The molecule has 3 N–H and O–H groups in total. The lowest BCUT2D eigenvalue weighted by atomic mass is 9.52. The molecule has 4 saturated carbocycles. The molecule has 4 bridgehead atoms. The van der Waals surface area contributed by atoms with Crippen molar-refractivity contribution in [3.8, 4) is 0 Å². The van der Waals surface area contributed by atoms with Crippen LogP contribution in [0.15, 0.2) is 24.3 Å². The molecule has 0 aliphatic heterocycles. The zero-order chi connectivity index (χ0) is 22.4. The Morgan fingerprint density at radius 3 is 2.45 bits per heavy atom. The molecule has 5 heteroatoms. The fourth-order valence-electron chi connectivity index (χ4n) is 6.38. The van der Waals surface area contributed by atoms with Crippen molar-refractivity contribution in [3.63, 3.8) is 0 Å². The first kappa shape index (κ1) is 22.1. The van der Waals surface area contributed by atoms with E-state index in [1.807, 2.05) is 45.1 Å². The minimum absolute atomic E-state index is 0.0448. The molecule has 0 heterocycles. The quantitative estimate of drug-likeness (QED) is 0.611. The number of carbonyl (C=O) groups is 2. The smallest absolute Gasteiger partial charge is 0.303 e. The van der Waals surface area contributed by atoms with Gasteiger partial charge in [0.05, 0.1) is 11.0 Å². The van der Waals surface area contributed by atoms with Crippen molar-refractivity contribution in [1.82, 2.24) is 5.32 Å². The Balaban J connectivity index is 1.48. The third-order valence-electron chi connectivity index (χ3n) is 7.76. The second kappa shape index (κ2) is 8.09. The highest BCUT2D eigenvalue weighted by Crippen LogP contribution is 2.55. The predicted octanol–water partition coefficient (Wildman–Crippen LogP) is 4.21. The highest BCUT2D eigenvalue weighted by molar-refractivity contribution is 5.88.